The summed E-state index contributed by atoms with van der Waals surface area (Å²) >= 11 is 0. The van der Waals surface area contributed by atoms with Crippen molar-refractivity contribution in [1.82, 2.24) is 25.0 Å². The van der Waals surface area contributed by atoms with Crippen molar-refractivity contribution in [1.29, 1.82) is 0 Å². The first-order valence-electron chi connectivity index (χ1n) is 5.91. The number of H-pyrrole nitrogens is 1. The number of imidazole rings is 1. The van der Waals surface area contributed by atoms with Crippen LogP contribution in [0.1, 0.15) is 13.3 Å². The summed E-state index contributed by atoms with van der Waals surface area (Å²) in [6, 6.07) is 0.280. The lowest BCUT2D eigenvalue weighted by Crippen LogP contribution is -2.36. The second-order valence-corrected chi connectivity index (χ2v) is 4.00. The number of fused-ring (bicyclic) bond motifs is 1. The first-order chi connectivity index (χ1) is 8.76. The number of hydrogen-bond donors (Lipinski definition) is 2. The molecule has 2 N–H and O–H groups in total. The number of rotatable bonds is 6. The zero-order valence-corrected chi connectivity index (χ0v) is 10.8. The summed E-state index contributed by atoms with van der Waals surface area (Å²) in [5.41, 5.74) is 1.49. The molecule has 2 rings (SSSR count). The van der Waals surface area contributed by atoms with Crippen LogP contribution in [0.4, 0.5) is 5.82 Å². The van der Waals surface area contributed by atoms with Gasteiger partial charge in [0.2, 0.25) is 0 Å². The van der Waals surface area contributed by atoms with Gasteiger partial charge in [-0.05, 0) is 6.42 Å². The predicted molar refractivity (Wildman–Crippen MR) is 69.0 cm³/mol. The molecule has 0 spiro atoms. The minimum Gasteiger partial charge on any atom is -0.367 e. The highest BCUT2D eigenvalue weighted by Crippen LogP contribution is 2.14. The lowest BCUT2D eigenvalue weighted by Gasteiger charge is -2.25. The van der Waals surface area contributed by atoms with E-state index in [4.69, 9.17) is 4.84 Å². The van der Waals surface area contributed by atoms with Gasteiger partial charge < -0.3 is 15.1 Å². The van der Waals surface area contributed by atoms with Crippen LogP contribution >= 0.6 is 0 Å². The van der Waals surface area contributed by atoms with Gasteiger partial charge in [-0.1, -0.05) is 6.92 Å². The molecule has 7 heteroatoms. The Morgan fingerprint density at radius 1 is 1.44 bits per heavy atom. The molecule has 7 nitrogen and oxygen atoms in total. The molecule has 0 aromatic carbocycles. The van der Waals surface area contributed by atoms with E-state index in [0.29, 0.717) is 5.65 Å². The number of nitrogens with one attached hydrogen (secondary N) is 2. The van der Waals surface area contributed by atoms with Gasteiger partial charge >= 0.3 is 0 Å². The smallest absolute Gasteiger partial charge is 0.182 e. The molecular formula is C11H18N6O. The van der Waals surface area contributed by atoms with E-state index in [-0.39, 0.29) is 6.04 Å². The zero-order valence-electron chi connectivity index (χ0n) is 10.8. The number of likely N-dealkylation sites (N-methyl/N-ethyl adjacent to an activating group) is 1. The summed E-state index contributed by atoms with van der Waals surface area (Å²) in [6.07, 6.45) is 4.10. The lowest BCUT2D eigenvalue weighted by molar-refractivity contribution is -0.137. The molecule has 0 saturated heterocycles. The van der Waals surface area contributed by atoms with Gasteiger partial charge in [0.15, 0.2) is 11.5 Å². The third kappa shape index (κ3) is 2.57. The highest BCUT2D eigenvalue weighted by Gasteiger charge is 2.13. The van der Waals surface area contributed by atoms with Crippen LogP contribution in [0, 0.1) is 0 Å². The number of anilines is 1. The van der Waals surface area contributed by atoms with Crippen molar-refractivity contribution in [2.24, 2.45) is 0 Å². The first-order valence-corrected chi connectivity index (χ1v) is 5.91. The van der Waals surface area contributed by atoms with Crippen molar-refractivity contribution in [2.45, 2.75) is 19.4 Å². The van der Waals surface area contributed by atoms with Gasteiger partial charge in [-0.25, -0.2) is 15.0 Å². The van der Waals surface area contributed by atoms with Crippen LogP contribution in [0.2, 0.25) is 0 Å². The fraction of sp³-hybridized carbons (Fsp3) is 0.545. The predicted octanol–water partition coefficient (Wildman–Crippen LogP) is 1.04. The van der Waals surface area contributed by atoms with Crippen molar-refractivity contribution in [3.8, 4) is 0 Å². The van der Waals surface area contributed by atoms with Crippen molar-refractivity contribution in [2.75, 3.05) is 26.0 Å². The fourth-order valence-electron chi connectivity index (χ4n) is 1.79. The standard InChI is InChI=1S/C11H18N6O/c1-4-8(17(2)18-3)5-12-10-9-11(14-6-13-9)16-7-15-10/h6-8H,4-5H2,1-3H3,(H2,12,13,14,15,16). The van der Waals surface area contributed by atoms with Gasteiger partial charge in [0, 0.05) is 13.6 Å². The molecule has 1 unspecified atom stereocenters. The third-order valence-electron chi connectivity index (χ3n) is 3.00. The number of hydroxylamine groups is 2. The molecule has 18 heavy (non-hydrogen) atoms. The summed E-state index contributed by atoms with van der Waals surface area (Å²) < 4.78 is 0. The molecule has 0 saturated carbocycles. The quantitative estimate of drug-likeness (QED) is 0.746. The molecule has 2 aromatic heterocycles. The van der Waals surface area contributed by atoms with Crippen LogP contribution in [0.25, 0.3) is 11.2 Å². The van der Waals surface area contributed by atoms with Crippen LogP contribution < -0.4 is 5.32 Å². The van der Waals surface area contributed by atoms with E-state index < -0.39 is 0 Å². The van der Waals surface area contributed by atoms with Crippen LogP contribution in [0.3, 0.4) is 0 Å². The molecule has 0 amide bonds. The molecule has 1 atom stereocenters. The summed E-state index contributed by atoms with van der Waals surface area (Å²) in [6.45, 7) is 2.86. The van der Waals surface area contributed by atoms with Gasteiger partial charge in [-0.15, -0.1) is 0 Å². The molecule has 0 bridgehead atoms. The Morgan fingerprint density at radius 2 is 2.28 bits per heavy atom. The second-order valence-electron chi connectivity index (χ2n) is 4.00. The number of aromatic nitrogens is 4. The molecule has 0 radical (unpaired) electrons. The van der Waals surface area contributed by atoms with Crippen molar-refractivity contribution < 1.29 is 4.84 Å². The maximum Gasteiger partial charge on any atom is 0.182 e. The zero-order chi connectivity index (χ0) is 13.0. The number of aromatic amines is 1. The van der Waals surface area contributed by atoms with Crippen LogP contribution in [-0.4, -0.2) is 51.7 Å². The van der Waals surface area contributed by atoms with E-state index in [9.17, 15) is 0 Å². The van der Waals surface area contributed by atoms with Gasteiger partial charge in [0.1, 0.15) is 11.8 Å². The monoisotopic (exact) mass is 250 g/mol. The van der Waals surface area contributed by atoms with E-state index in [2.05, 4.69) is 32.2 Å². The summed E-state index contributed by atoms with van der Waals surface area (Å²) in [5.74, 6) is 0.764. The van der Waals surface area contributed by atoms with E-state index in [0.717, 1.165) is 24.3 Å². The summed E-state index contributed by atoms with van der Waals surface area (Å²) in [4.78, 5) is 20.6. The Morgan fingerprint density at radius 3 is 3.00 bits per heavy atom. The van der Waals surface area contributed by atoms with Gasteiger partial charge in [0.05, 0.1) is 19.5 Å². The Balaban J connectivity index is 2.07. The molecule has 0 aliphatic rings. The van der Waals surface area contributed by atoms with Gasteiger partial charge in [-0.2, -0.15) is 5.06 Å². The van der Waals surface area contributed by atoms with Crippen LogP contribution in [-0.2, 0) is 4.84 Å². The molecule has 98 valence electrons. The maximum atomic E-state index is 5.20. The van der Waals surface area contributed by atoms with Crippen molar-refractivity contribution in [3.05, 3.63) is 12.7 Å². The van der Waals surface area contributed by atoms with Gasteiger partial charge in [-0.3, -0.25) is 0 Å². The molecule has 2 heterocycles. The van der Waals surface area contributed by atoms with E-state index in [1.54, 1.807) is 13.4 Å². The Bertz CT molecular complexity index is 499. The SMILES string of the molecule is CCC(CNc1ncnc2nc[nH]c12)N(C)OC. The minimum absolute atomic E-state index is 0.280. The van der Waals surface area contributed by atoms with Crippen molar-refractivity contribution in [3.63, 3.8) is 0 Å². The largest absolute Gasteiger partial charge is 0.367 e. The summed E-state index contributed by atoms with van der Waals surface area (Å²) in [5, 5.41) is 5.13. The lowest BCUT2D eigenvalue weighted by atomic mass is 10.2. The average molecular weight is 250 g/mol. The summed E-state index contributed by atoms with van der Waals surface area (Å²) in [7, 11) is 3.59. The highest BCUT2D eigenvalue weighted by molar-refractivity contribution is 5.81. The molecular weight excluding hydrogens is 232 g/mol. The number of hydrogen-bond acceptors (Lipinski definition) is 6. The topological polar surface area (TPSA) is 79.0 Å². The van der Waals surface area contributed by atoms with Gasteiger partial charge in [0.25, 0.3) is 0 Å². The Labute approximate surface area is 106 Å². The van der Waals surface area contributed by atoms with E-state index >= 15 is 0 Å². The average Bonchev–Trinajstić information content (AvgIpc) is 2.88. The van der Waals surface area contributed by atoms with E-state index in [1.165, 1.54) is 6.33 Å². The minimum atomic E-state index is 0.280. The third-order valence-corrected chi connectivity index (χ3v) is 3.00. The van der Waals surface area contributed by atoms with Crippen molar-refractivity contribution >= 4 is 17.0 Å². The normalized spacial score (nSPS) is 13.1. The molecule has 2 aromatic rings. The molecule has 0 aliphatic heterocycles. The fourth-order valence-corrected chi connectivity index (χ4v) is 1.79. The highest BCUT2D eigenvalue weighted by atomic mass is 16.7. The van der Waals surface area contributed by atoms with Crippen LogP contribution in [0.15, 0.2) is 12.7 Å². The Hall–Kier alpha value is -1.73. The maximum absolute atomic E-state index is 5.20. The second kappa shape index (κ2) is 5.74. The van der Waals surface area contributed by atoms with E-state index in [1.807, 2.05) is 12.1 Å². The molecule has 0 fully saturated rings. The number of nitrogens with zero attached hydrogens (tertiary/aromatic N) is 4. The Kier molecular flexibility index (Phi) is 4.06. The molecule has 0 aliphatic carbocycles. The van der Waals surface area contributed by atoms with Crippen LogP contribution in [0.5, 0.6) is 0 Å². The first kappa shape index (κ1) is 12.7.